The van der Waals surface area contributed by atoms with Gasteiger partial charge in [0.05, 0.1) is 38.1 Å². The Bertz CT molecular complexity index is 1010. The normalized spacial score (nSPS) is 11.9. The van der Waals surface area contributed by atoms with E-state index in [1.165, 1.54) is 19.2 Å². The fourth-order valence-corrected chi connectivity index (χ4v) is 5.29. The number of nitrogens with zero attached hydrogens (tertiary/aromatic N) is 3. The van der Waals surface area contributed by atoms with E-state index in [-0.39, 0.29) is 15.9 Å². The van der Waals surface area contributed by atoms with Crippen LogP contribution in [0.15, 0.2) is 30.5 Å². The number of rotatable bonds is 7. The zero-order valence-electron chi connectivity index (χ0n) is 15.1. The monoisotopic (exact) mass is 417 g/mol. The predicted octanol–water partition coefficient (Wildman–Crippen LogP) is 0.783. The molecule has 10 nitrogen and oxygen atoms in total. The van der Waals surface area contributed by atoms with Gasteiger partial charge in [-0.3, -0.25) is 0 Å². The Morgan fingerprint density at radius 1 is 1.11 bits per heavy atom. The highest BCUT2D eigenvalue weighted by Gasteiger charge is 2.36. The van der Waals surface area contributed by atoms with Gasteiger partial charge in [-0.15, -0.1) is 3.71 Å². The van der Waals surface area contributed by atoms with Gasteiger partial charge in [0.15, 0.2) is 5.82 Å². The van der Waals surface area contributed by atoms with Crippen molar-refractivity contribution >= 4 is 31.8 Å². The molecule has 0 aliphatic carbocycles. The Labute approximate surface area is 157 Å². The maximum absolute atomic E-state index is 12.3. The van der Waals surface area contributed by atoms with Crippen LogP contribution in [0.1, 0.15) is 17.3 Å². The first kappa shape index (κ1) is 20.7. The van der Waals surface area contributed by atoms with Gasteiger partial charge in [-0.25, -0.2) is 26.3 Å². The number of aromatic nitrogens is 2. The number of sulfonamides is 2. The number of benzene rings is 1. The molecule has 0 aliphatic rings. The first-order chi connectivity index (χ1) is 12.5. The molecule has 0 atom stereocenters. The molecule has 0 saturated carbocycles. The van der Waals surface area contributed by atoms with Gasteiger partial charge >= 0.3 is 5.97 Å². The van der Waals surface area contributed by atoms with E-state index in [0.717, 1.165) is 10.9 Å². The molecule has 0 aliphatic heterocycles. The summed E-state index contributed by atoms with van der Waals surface area (Å²) in [5.74, 6) is -0.825. The van der Waals surface area contributed by atoms with E-state index >= 15 is 0 Å². The third-order valence-electron chi connectivity index (χ3n) is 3.33. The van der Waals surface area contributed by atoms with Crippen LogP contribution in [-0.2, 0) is 24.8 Å². The smallest absolute Gasteiger partial charge is 0.343 e. The SMILES string of the molecule is CCOC(=O)c1cnn(-c2ccc(OC)cc2)c1N(S(C)(=O)=O)S(C)(=O)=O. The summed E-state index contributed by atoms with van der Waals surface area (Å²) in [7, 11) is -7.14. The van der Waals surface area contributed by atoms with Crippen molar-refractivity contribution in [1.29, 1.82) is 0 Å². The van der Waals surface area contributed by atoms with Gasteiger partial charge in [0.25, 0.3) is 0 Å². The average molecular weight is 417 g/mol. The summed E-state index contributed by atoms with van der Waals surface area (Å²) < 4.78 is 60.1. The summed E-state index contributed by atoms with van der Waals surface area (Å²) in [6.45, 7) is 1.58. The van der Waals surface area contributed by atoms with E-state index in [0.29, 0.717) is 23.9 Å². The van der Waals surface area contributed by atoms with Crippen molar-refractivity contribution in [1.82, 2.24) is 9.78 Å². The van der Waals surface area contributed by atoms with Crippen molar-refractivity contribution in [3.05, 3.63) is 36.0 Å². The van der Waals surface area contributed by atoms with Gasteiger partial charge in [-0.05, 0) is 31.2 Å². The van der Waals surface area contributed by atoms with Gasteiger partial charge < -0.3 is 9.47 Å². The number of esters is 1. The Balaban J connectivity index is 2.81. The molecule has 0 saturated heterocycles. The summed E-state index contributed by atoms with van der Waals surface area (Å²) in [6, 6.07) is 6.23. The third kappa shape index (κ3) is 4.39. The second kappa shape index (κ2) is 7.56. The van der Waals surface area contributed by atoms with Crippen molar-refractivity contribution in [2.24, 2.45) is 0 Å². The second-order valence-electron chi connectivity index (χ2n) is 5.44. The molecule has 0 fully saturated rings. The lowest BCUT2D eigenvalue weighted by Crippen LogP contribution is -2.37. The molecular formula is C15H19N3O7S2. The van der Waals surface area contributed by atoms with E-state index in [4.69, 9.17) is 9.47 Å². The lowest BCUT2D eigenvalue weighted by molar-refractivity contribution is 0.0527. The third-order valence-corrected chi connectivity index (χ3v) is 6.51. The first-order valence-electron chi connectivity index (χ1n) is 7.60. The van der Waals surface area contributed by atoms with Crippen LogP contribution in [0.5, 0.6) is 5.75 Å². The lowest BCUT2D eigenvalue weighted by Gasteiger charge is -2.21. The lowest BCUT2D eigenvalue weighted by atomic mass is 10.3. The molecule has 0 amide bonds. The summed E-state index contributed by atoms with van der Waals surface area (Å²) in [5.41, 5.74) is 0.0159. The van der Waals surface area contributed by atoms with Gasteiger partial charge in [0.2, 0.25) is 20.0 Å². The Hall–Kier alpha value is -2.60. The second-order valence-corrected chi connectivity index (χ2v) is 9.33. The molecular weight excluding hydrogens is 398 g/mol. The number of carbonyl (C=O) groups excluding carboxylic acids is 1. The summed E-state index contributed by atoms with van der Waals surface area (Å²) >= 11 is 0. The van der Waals surface area contributed by atoms with Gasteiger partial charge in [-0.1, -0.05) is 0 Å². The first-order valence-corrected chi connectivity index (χ1v) is 11.3. The van der Waals surface area contributed by atoms with Crippen LogP contribution in [0.4, 0.5) is 5.82 Å². The summed E-state index contributed by atoms with van der Waals surface area (Å²) in [5, 5.41) is 4.00. The van der Waals surface area contributed by atoms with Crippen LogP contribution in [0.2, 0.25) is 0 Å². The van der Waals surface area contributed by atoms with Crippen LogP contribution < -0.4 is 8.45 Å². The Morgan fingerprint density at radius 3 is 2.11 bits per heavy atom. The highest BCUT2D eigenvalue weighted by molar-refractivity contribution is 8.09. The molecule has 148 valence electrons. The molecule has 0 radical (unpaired) electrons. The maximum atomic E-state index is 12.3. The summed E-state index contributed by atoms with van der Waals surface area (Å²) in [4.78, 5) is 12.3. The fraction of sp³-hybridized carbons (Fsp3) is 0.333. The number of ether oxygens (including phenoxy) is 2. The molecule has 0 bridgehead atoms. The van der Waals surface area contributed by atoms with Gasteiger partial charge in [0.1, 0.15) is 11.3 Å². The molecule has 2 rings (SSSR count). The topological polar surface area (TPSA) is 125 Å². The van der Waals surface area contributed by atoms with Crippen molar-refractivity contribution in [3.8, 4) is 11.4 Å². The zero-order valence-corrected chi connectivity index (χ0v) is 16.7. The Morgan fingerprint density at radius 2 is 1.67 bits per heavy atom. The molecule has 27 heavy (non-hydrogen) atoms. The quantitative estimate of drug-likeness (QED) is 0.605. The van der Waals surface area contributed by atoms with Crippen LogP contribution in [0.25, 0.3) is 5.69 Å². The number of carbonyl (C=O) groups is 1. The maximum Gasteiger partial charge on any atom is 0.343 e. The molecule has 0 N–H and O–H groups in total. The molecule has 12 heteroatoms. The van der Waals surface area contributed by atoms with Crippen molar-refractivity contribution in [2.45, 2.75) is 6.92 Å². The fourth-order valence-electron chi connectivity index (χ4n) is 2.34. The zero-order chi connectivity index (χ0) is 20.4. The predicted molar refractivity (Wildman–Crippen MR) is 98.2 cm³/mol. The minimum Gasteiger partial charge on any atom is -0.497 e. The van der Waals surface area contributed by atoms with Crippen molar-refractivity contribution in [2.75, 3.05) is 29.9 Å². The Kier molecular flexibility index (Phi) is 5.80. The molecule has 0 spiro atoms. The minimum atomic E-state index is -4.31. The van der Waals surface area contributed by atoms with Crippen molar-refractivity contribution < 1.29 is 31.1 Å². The number of hydrogen-bond acceptors (Lipinski definition) is 8. The van der Waals surface area contributed by atoms with E-state index in [1.807, 2.05) is 0 Å². The van der Waals surface area contributed by atoms with Crippen LogP contribution >= 0.6 is 0 Å². The largest absolute Gasteiger partial charge is 0.497 e. The van der Waals surface area contributed by atoms with E-state index in [1.54, 1.807) is 19.1 Å². The van der Waals surface area contributed by atoms with Crippen LogP contribution in [0.3, 0.4) is 0 Å². The van der Waals surface area contributed by atoms with Crippen molar-refractivity contribution in [3.63, 3.8) is 0 Å². The van der Waals surface area contributed by atoms with Gasteiger partial charge in [0, 0.05) is 0 Å². The van der Waals surface area contributed by atoms with Crippen LogP contribution in [0, 0.1) is 0 Å². The highest BCUT2D eigenvalue weighted by atomic mass is 32.3. The van der Waals surface area contributed by atoms with E-state index in [2.05, 4.69) is 5.10 Å². The van der Waals surface area contributed by atoms with Crippen LogP contribution in [-0.4, -0.2) is 58.8 Å². The highest BCUT2D eigenvalue weighted by Crippen LogP contribution is 2.30. The minimum absolute atomic E-state index is 0.0176. The molecule has 1 heterocycles. The number of hydrogen-bond donors (Lipinski definition) is 0. The van der Waals surface area contributed by atoms with Gasteiger partial charge in [-0.2, -0.15) is 5.10 Å². The number of methoxy groups -OCH3 is 1. The van der Waals surface area contributed by atoms with E-state index in [9.17, 15) is 21.6 Å². The molecule has 0 unspecified atom stereocenters. The molecule has 1 aromatic carbocycles. The molecule has 1 aromatic heterocycles. The molecule has 2 aromatic rings. The standard InChI is InChI=1S/C15H19N3O7S2/c1-5-25-15(19)13-10-16-17(11-6-8-12(24-2)9-7-11)14(13)18(26(3,20)21)27(4,22)23/h6-10H,5H2,1-4H3. The number of anilines is 1. The average Bonchev–Trinajstić information content (AvgIpc) is 2.96. The summed E-state index contributed by atoms with van der Waals surface area (Å²) in [6.07, 6.45) is 2.49. The van der Waals surface area contributed by atoms with E-state index < -0.39 is 31.8 Å².